The minimum absolute atomic E-state index is 0.174. The molecular formula is C9H10N4O. The molecule has 0 aliphatic carbocycles. The Balaban J connectivity index is 2.88. The molecule has 2 heterocycles. The fraction of sp³-hybridized carbons (Fsp3) is 0.333. The van der Waals surface area contributed by atoms with Gasteiger partial charge in [0.05, 0.1) is 23.6 Å². The van der Waals surface area contributed by atoms with Crippen molar-refractivity contribution in [3.8, 4) is 0 Å². The number of H-pyrrole nitrogens is 1. The van der Waals surface area contributed by atoms with Gasteiger partial charge in [-0.25, -0.2) is 4.98 Å². The topological polar surface area (TPSA) is 71.5 Å². The highest BCUT2D eigenvalue weighted by molar-refractivity contribution is 5.78. The number of nitrogens with one attached hydrogen (secondary N) is 1. The van der Waals surface area contributed by atoms with Crippen LogP contribution in [-0.4, -0.2) is 20.2 Å². The molecule has 0 unspecified atom stereocenters. The Labute approximate surface area is 80.2 Å². The lowest BCUT2D eigenvalue weighted by Gasteiger charge is -2.04. The van der Waals surface area contributed by atoms with Crippen LogP contribution in [0.1, 0.15) is 25.5 Å². The second-order valence-electron chi connectivity index (χ2n) is 3.38. The lowest BCUT2D eigenvalue weighted by atomic mass is 10.1. The molecule has 1 N–H and O–H groups in total. The maximum Gasteiger partial charge on any atom is 0.260 e. The number of hydrogen-bond donors (Lipinski definition) is 1. The van der Waals surface area contributed by atoms with Crippen LogP contribution in [0.2, 0.25) is 0 Å². The molecule has 0 spiro atoms. The molecule has 14 heavy (non-hydrogen) atoms. The van der Waals surface area contributed by atoms with Gasteiger partial charge in [-0.15, -0.1) is 0 Å². The fourth-order valence-electron chi connectivity index (χ4n) is 1.32. The Morgan fingerprint density at radius 3 is 2.93 bits per heavy atom. The van der Waals surface area contributed by atoms with Gasteiger partial charge in [0.1, 0.15) is 5.52 Å². The molecule has 2 aromatic rings. The zero-order chi connectivity index (χ0) is 10.1. The fourth-order valence-corrected chi connectivity index (χ4v) is 1.32. The first kappa shape index (κ1) is 8.80. The van der Waals surface area contributed by atoms with Crippen LogP contribution < -0.4 is 5.56 Å². The molecule has 0 saturated heterocycles. The largest absolute Gasteiger partial charge is 0.313 e. The highest BCUT2D eigenvalue weighted by Gasteiger charge is 2.09. The van der Waals surface area contributed by atoms with Crippen LogP contribution in [0.15, 0.2) is 17.3 Å². The molecule has 0 saturated carbocycles. The molecule has 2 rings (SSSR count). The molecule has 0 aliphatic rings. The third kappa shape index (κ3) is 1.26. The van der Waals surface area contributed by atoms with Crippen LogP contribution >= 0.6 is 0 Å². The molecule has 0 bridgehead atoms. The second kappa shape index (κ2) is 3.17. The van der Waals surface area contributed by atoms with E-state index in [-0.39, 0.29) is 11.5 Å². The van der Waals surface area contributed by atoms with Gasteiger partial charge in [0, 0.05) is 0 Å². The Kier molecular flexibility index (Phi) is 1.99. The minimum Gasteiger partial charge on any atom is -0.313 e. The summed E-state index contributed by atoms with van der Waals surface area (Å²) in [4.78, 5) is 18.0. The number of fused-ring (bicyclic) bond motifs is 1. The number of hydrogen-bond acceptors (Lipinski definition) is 4. The summed E-state index contributed by atoms with van der Waals surface area (Å²) >= 11 is 0. The summed E-state index contributed by atoms with van der Waals surface area (Å²) in [7, 11) is 0. The van der Waals surface area contributed by atoms with Crippen molar-refractivity contribution in [3.63, 3.8) is 0 Å². The van der Waals surface area contributed by atoms with E-state index in [9.17, 15) is 4.79 Å². The number of rotatable bonds is 1. The van der Waals surface area contributed by atoms with Gasteiger partial charge in [0.25, 0.3) is 5.56 Å². The molecule has 5 nitrogen and oxygen atoms in total. The van der Waals surface area contributed by atoms with Crippen molar-refractivity contribution in [1.29, 1.82) is 0 Å². The standard InChI is InChI=1S/C9H10N4O/c1-5(2)7-8-6(3-12-13-7)9(14)11-4-10-8/h3-5H,1-2H3,(H,10,11,14). The van der Waals surface area contributed by atoms with Gasteiger partial charge < -0.3 is 4.98 Å². The van der Waals surface area contributed by atoms with E-state index in [1.807, 2.05) is 13.8 Å². The molecule has 0 aliphatic heterocycles. The van der Waals surface area contributed by atoms with Gasteiger partial charge in [-0.2, -0.15) is 10.2 Å². The highest BCUT2D eigenvalue weighted by atomic mass is 16.1. The first-order valence-electron chi connectivity index (χ1n) is 4.39. The monoisotopic (exact) mass is 190 g/mol. The molecule has 0 radical (unpaired) electrons. The van der Waals surface area contributed by atoms with Gasteiger partial charge in [-0.05, 0) is 5.92 Å². The maximum absolute atomic E-state index is 11.4. The van der Waals surface area contributed by atoms with E-state index < -0.39 is 0 Å². The van der Waals surface area contributed by atoms with Gasteiger partial charge in [0.2, 0.25) is 0 Å². The number of aromatic amines is 1. The molecule has 0 aromatic carbocycles. The molecule has 2 aromatic heterocycles. The zero-order valence-corrected chi connectivity index (χ0v) is 7.98. The van der Waals surface area contributed by atoms with Crippen molar-refractivity contribution >= 4 is 10.9 Å². The van der Waals surface area contributed by atoms with Crippen LogP contribution in [0.4, 0.5) is 0 Å². The normalized spacial score (nSPS) is 11.1. The van der Waals surface area contributed by atoms with Crippen LogP contribution in [0, 0.1) is 0 Å². The molecule has 0 fully saturated rings. The van der Waals surface area contributed by atoms with Gasteiger partial charge in [0.15, 0.2) is 0 Å². The van der Waals surface area contributed by atoms with E-state index in [4.69, 9.17) is 0 Å². The predicted octanol–water partition coefficient (Wildman–Crippen LogP) is 0.837. The van der Waals surface area contributed by atoms with E-state index in [1.54, 1.807) is 0 Å². The van der Waals surface area contributed by atoms with Crippen molar-refractivity contribution in [3.05, 3.63) is 28.6 Å². The average molecular weight is 190 g/mol. The first-order chi connectivity index (χ1) is 6.70. The van der Waals surface area contributed by atoms with E-state index >= 15 is 0 Å². The summed E-state index contributed by atoms with van der Waals surface area (Å²) in [5.41, 5.74) is 1.22. The summed E-state index contributed by atoms with van der Waals surface area (Å²) in [6.07, 6.45) is 2.82. The predicted molar refractivity (Wildman–Crippen MR) is 52.0 cm³/mol. The molecule has 72 valence electrons. The lowest BCUT2D eigenvalue weighted by molar-refractivity contribution is 0.793. The summed E-state index contributed by atoms with van der Waals surface area (Å²) in [5.74, 6) is 0.209. The van der Waals surface area contributed by atoms with Crippen molar-refractivity contribution in [1.82, 2.24) is 20.2 Å². The average Bonchev–Trinajstić information content (AvgIpc) is 2.17. The third-order valence-electron chi connectivity index (χ3n) is 2.03. The quantitative estimate of drug-likeness (QED) is 0.723. The highest BCUT2D eigenvalue weighted by Crippen LogP contribution is 2.16. The lowest BCUT2D eigenvalue weighted by Crippen LogP contribution is -2.10. The second-order valence-corrected chi connectivity index (χ2v) is 3.38. The molecule has 0 atom stereocenters. The first-order valence-corrected chi connectivity index (χ1v) is 4.39. The van der Waals surface area contributed by atoms with Gasteiger partial charge in [-0.1, -0.05) is 13.8 Å². The Morgan fingerprint density at radius 1 is 1.43 bits per heavy atom. The molecule has 0 amide bonds. The summed E-state index contributed by atoms with van der Waals surface area (Å²) in [5, 5.41) is 8.26. The van der Waals surface area contributed by atoms with Gasteiger partial charge in [-0.3, -0.25) is 4.79 Å². The Morgan fingerprint density at radius 2 is 2.21 bits per heavy atom. The Bertz CT molecular complexity index is 517. The van der Waals surface area contributed by atoms with E-state index in [0.29, 0.717) is 10.9 Å². The van der Waals surface area contributed by atoms with Crippen molar-refractivity contribution < 1.29 is 0 Å². The van der Waals surface area contributed by atoms with Crippen LogP contribution in [0.3, 0.4) is 0 Å². The van der Waals surface area contributed by atoms with E-state index in [1.165, 1.54) is 12.5 Å². The smallest absolute Gasteiger partial charge is 0.260 e. The van der Waals surface area contributed by atoms with Crippen LogP contribution in [0.5, 0.6) is 0 Å². The zero-order valence-electron chi connectivity index (χ0n) is 7.98. The minimum atomic E-state index is -0.174. The van der Waals surface area contributed by atoms with E-state index in [2.05, 4.69) is 20.2 Å². The summed E-state index contributed by atoms with van der Waals surface area (Å²) in [6.45, 7) is 3.98. The van der Waals surface area contributed by atoms with Crippen LogP contribution in [-0.2, 0) is 0 Å². The summed E-state index contributed by atoms with van der Waals surface area (Å²) in [6, 6.07) is 0. The molecular weight excluding hydrogens is 180 g/mol. The third-order valence-corrected chi connectivity index (χ3v) is 2.03. The summed E-state index contributed by atoms with van der Waals surface area (Å²) < 4.78 is 0. The SMILES string of the molecule is CC(C)c1nncc2c(=O)[nH]cnc12. The van der Waals surface area contributed by atoms with Crippen LogP contribution in [0.25, 0.3) is 10.9 Å². The van der Waals surface area contributed by atoms with E-state index in [0.717, 1.165) is 5.69 Å². The number of nitrogens with zero attached hydrogens (tertiary/aromatic N) is 3. The van der Waals surface area contributed by atoms with Crippen molar-refractivity contribution in [2.45, 2.75) is 19.8 Å². The van der Waals surface area contributed by atoms with Crippen molar-refractivity contribution in [2.24, 2.45) is 0 Å². The van der Waals surface area contributed by atoms with Gasteiger partial charge >= 0.3 is 0 Å². The number of aromatic nitrogens is 4. The molecule has 5 heteroatoms. The Hall–Kier alpha value is -1.78. The maximum atomic E-state index is 11.4. The van der Waals surface area contributed by atoms with Crippen molar-refractivity contribution in [2.75, 3.05) is 0 Å².